The van der Waals surface area contributed by atoms with Crippen LogP contribution in [0.2, 0.25) is 0 Å². The summed E-state index contributed by atoms with van der Waals surface area (Å²) >= 11 is 0. The van der Waals surface area contributed by atoms with Crippen LogP contribution < -0.4 is 0 Å². The minimum absolute atomic E-state index is 0.255. The summed E-state index contributed by atoms with van der Waals surface area (Å²) in [7, 11) is 0. The van der Waals surface area contributed by atoms with Gasteiger partial charge in [0.1, 0.15) is 0 Å². The average molecular weight is 368 g/mol. The van der Waals surface area contributed by atoms with Crippen molar-refractivity contribution in [1.29, 1.82) is 0 Å². The molecule has 0 saturated carbocycles. The highest BCUT2D eigenvalue weighted by Crippen LogP contribution is 2.21. The number of aliphatic hydroxyl groups is 1. The molecule has 6 heteroatoms. The second-order valence-electron chi connectivity index (χ2n) is 7.59. The first-order chi connectivity index (χ1) is 13.2. The number of piperidine rings is 1. The summed E-state index contributed by atoms with van der Waals surface area (Å²) in [5.74, 6) is 0.758. The van der Waals surface area contributed by atoms with Crippen LogP contribution in [0.15, 0.2) is 36.7 Å². The van der Waals surface area contributed by atoms with E-state index in [2.05, 4.69) is 38.8 Å². The smallest absolute Gasteiger partial charge is 0.159 e. The zero-order valence-corrected chi connectivity index (χ0v) is 15.9. The number of rotatable bonds is 4. The lowest BCUT2D eigenvalue weighted by Gasteiger charge is -2.43. The van der Waals surface area contributed by atoms with Crippen molar-refractivity contribution >= 4 is 0 Å². The average Bonchev–Trinajstić information content (AvgIpc) is 2.69. The van der Waals surface area contributed by atoms with Gasteiger partial charge in [-0.3, -0.25) is 9.80 Å². The molecule has 2 fully saturated rings. The van der Waals surface area contributed by atoms with Crippen molar-refractivity contribution in [2.45, 2.75) is 32.0 Å². The molecule has 3 heterocycles. The molecular formula is C21H28N4O2. The predicted molar refractivity (Wildman–Crippen MR) is 104 cm³/mol. The summed E-state index contributed by atoms with van der Waals surface area (Å²) in [6.07, 6.45) is 4.49. The Morgan fingerprint density at radius 1 is 1.15 bits per heavy atom. The first kappa shape index (κ1) is 18.5. The Bertz CT molecular complexity index is 746. The summed E-state index contributed by atoms with van der Waals surface area (Å²) in [6, 6.07) is 8.49. The van der Waals surface area contributed by atoms with Crippen LogP contribution >= 0.6 is 0 Å². The fourth-order valence-corrected chi connectivity index (χ4v) is 4.09. The van der Waals surface area contributed by atoms with Crippen molar-refractivity contribution in [3.8, 4) is 11.4 Å². The van der Waals surface area contributed by atoms with Crippen LogP contribution in [-0.4, -0.2) is 76.4 Å². The lowest BCUT2D eigenvalue weighted by molar-refractivity contribution is -0.0534. The summed E-state index contributed by atoms with van der Waals surface area (Å²) in [6.45, 7) is 7.94. The molecule has 0 aliphatic carbocycles. The van der Waals surface area contributed by atoms with Gasteiger partial charge in [0, 0.05) is 62.3 Å². The van der Waals surface area contributed by atoms with Gasteiger partial charge in [0.2, 0.25) is 0 Å². The standard InChI is InChI=1S/C21H28N4O2/c1-16-3-2-4-18(11-16)21-22-12-17(13-23-21)14-24-6-5-19(20(26)15-24)25-7-9-27-10-8-25/h2-4,11-13,19-20,26H,5-10,14-15H2,1H3/t19-,20-/m1/s1. The van der Waals surface area contributed by atoms with E-state index in [1.807, 2.05) is 24.5 Å². The Morgan fingerprint density at radius 2 is 1.93 bits per heavy atom. The van der Waals surface area contributed by atoms with E-state index in [1.54, 1.807) is 0 Å². The fraction of sp³-hybridized carbons (Fsp3) is 0.524. The lowest BCUT2D eigenvalue weighted by Crippen LogP contribution is -2.56. The molecule has 2 atom stereocenters. The molecule has 2 aliphatic heterocycles. The largest absolute Gasteiger partial charge is 0.390 e. The quantitative estimate of drug-likeness (QED) is 0.887. The van der Waals surface area contributed by atoms with Crippen molar-refractivity contribution in [3.05, 3.63) is 47.8 Å². The van der Waals surface area contributed by atoms with Gasteiger partial charge in [-0.2, -0.15) is 0 Å². The topological polar surface area (TPSA) is 61.7 Å². The lowest BCUT2D eigenvalue weighted by atomic mass is 9.99. The summed E-state index contributed by atoms with van der Waals surface area (Å²) < 4.78 is 5.43. The van der Waals surface area contributed by atoms with Gasteiger partial charge in [0.15, 0.2) is 5.82 Å². The third-order valence-corrected chi connectivity index (χ3v) is 5.53. The molecule has 4 rings (SSSR count). The van der Waals surface area contributed by atoms with Gasteiger partial charge in [-0.25, -0.2) is 9.97 Å². The normalized spacial score (nSPS) is 24.8. The van der Waals surface area contributed by atoms with Crippen LogP contribution in [0.5, 0.6) is 0 Å². The number of aryl methyl sites for hydroxylation is 1. The monoisotopic (exact) mass is 368 g/mol. The van der Waals surface area contributed by atoms with Crippen molar-refractivity contribution in [2.75, 3.05) is 39.4 Å². The van der Waals surface area contributed by atoms with E-state index < -0.39 is 0 Å². The van der Waals surface area contributed by atoms with Crippen LogP contribution in [0.25, 0.3) is 11.4 Å². The molecule has 1 aromatic carbocycles. The minimum atomic E-state index is -0.315. The molecule has 0 spiro atoms. The zero-order chi connectivity index (χ0) is 18.6. The minimum Gasteiger partial charge on any atom is -0.390 e. The highest BCUT2D eigenvalue weighted by atomic mass is 16.5. The number of morpholine rings is 1. The Kier molecular flexibility index (Phi) is 5.78. The van der Waals surface area contributed by atoms with Gasteiger partial charge in [0.25, 0.3) is 0 Å². The molecule has 1 aromatic heterocycles. The number of benzene rings is 1. The number of hydrogen-bond acceptors (Lipinski definition) is 6. The van der Waals surface area contributed by atoms with Crippen molar-refractivity contribution in [1.82, 2.24) is 19.8 Å². The molecular weight excluding hydrogens is 340 g/mol. The third-order valence-electron chi connectivity index (χ3n) is 5.53. The van der Waals surface area contributed by atoms with Crippen molar-refractivity contribution in [2.24, 2.45) is 0 Å². The van der Waals surface area contributed by atoms with Gasteiger partial charge in [-0.1, -0.05) is 23.8 Å². The predicted octanol–water partition coefficient (Wildman–Crippen LogP) is 1.72. The molecule has 2 aromatic rings. The van der Waals surface area contributed by atoms with Gasteiger partial charge in [-0.05, 0) is 19.4 Å². The van der Waals surface area contributed by atoms with Crippen LogP contribution in [0.3, 0.4) is 0 Å². The van der Waals surface area contributed by atoms with E-state index in [9.17, 15) is 5.11 Å². The van der Waals surface area contributed by atoms with E-state index in [0.717, 1.165) is 62.8 Å². The number of nitrogens with zero attached hydrogens (tertiary/aromatic N) is 4. The third kappa shape index (κ3) is 4.52. The van der Waals surface area contributed by atoms with Crippen LogP contribution in [0.1, 0.15) is 17.5 Å². The van der Waals surface area contributed by atoms with Crippen molar-refractivity contribution in [3.63, 3.8) is 0 Å². The summed E-state index contributed by atoms with van der Waals surface area (Å²) in [4.78, 5) is 13.8. The van der Waals surface area contributed by atoms with E-state index in [-0.39, 0.29) is 12.1 Å². The fourth-order valence-electron chi connectivity index (χ4n) is 4.09. The molecule has 1 N–H and O–H groups in total. The Morgan fingerprint density at radius 3 is 2.63 bits per heavy atom. The second-order valence-corrected chi connectivity index (χ2v) is 7.59. The van der Waals surface area contributed by atoms with Crippen LogP contribution in [0, 0.1) is 6.92 Å². The summed E-state index contributed by atoms with van der Waals surface area (Å²) in [5.41, 5.74) is 3.34. The molecule has 2 aliphatic rings. The Labute approximate surface area is 160 Å². The molecule has 27 heavy (non-hydrogen) atoms. The van der Waals surface area contributed by atoms with Crippen molar-refractivity contribution < 1.29 is 9.84 Å². The first-order valence-electron chi connectivity index (χ1n) is 9.79. The highest BCUT2D eigenvalue weighted by Gasteiger charge is 2.32. The van der Waals surface area contributed by atoms with Gasteiger partial charge in [-0.15, -0.1) is 0 Å². The second kappa shape index (κ2) is 8.44. The molecule has 0 bridgehead atoms. The van der Waals surface area contributed by atoms with Gasteiger partial charge in [0.05, 0.1) is 19.3 Å². The SMILES string of the molecule is Cc1cccc(-c2ncc(CN3CC[C@@H](N4CCOCC4)[C@H](O)C3)cn2)c1. The van der Waals surface area contributed by atoms with Crippen LogP contribution in [-0.2, 0) is 11.3 Å². The molecule has 144 valence electrons. The molecule has 6 nitrogen and oxygen atoms in total. The van der Waals surface area contributed by atoms with Gasteiger partial charge >= 0.3 is 0 Å². The number of hydrogen-bond donors (Lipinski definition) is 1. The number of aromatic nitrogens is 2. The maximum atomic E-state index is 10.6. The molecule has 0 unspecified atom stereocenters. The van der Waals surface area contributed by atoms with E-state index in [4.69, 9.17) is 4.74 Å². The number of likely N-dealkylation sites (tertiary alicyclic amines) is 1. The summed E-state index contributed by atoms with van der Waals surface area (Å²) in [5, 5.41) is 10.6. The molecule has 0 amide bonds. The maximum absolute atomic E-state index is 10.6. The van der Waals surface area contributed by atoms with E-state index >= 15 is 0 Å². The number of ether oxygens (including phenoxy) is 1. The van der Waals surface area contributed by atoms with E-state index in [0.29, 0.717) is 6.54 Å². The van der Waals surface area contributed by atoms with Crippen LogP contribution in [0.4, 0.5) is 0 Å². The Hall–Kier alpha value is -1.86. The zero-order valence-electron chi connectivity index (χ0n) is 15.9. The molecule has 0 radical (unpaired) electrons. The van der Waals surface area contributed by atoms with E-state index in [1.165, 1.54) is 5.56 Å². The molecule has 2 saturated heterocycles. The highest BCUT2D eigenvalue weighted by molar-refractivity contribution is 5.55. The van der Waals surface area contributed by atoms with Gasteiger partial charge < -0.3 is 9.84 Å². The number of aliphatic hydroxyl groups excluding tert-OH is 1. The first-order valence-corrected chi connectivity index (χ1v) is 9.79. The Balaban J connectivity index is 1.34. The maximum Gasteiger partial charge on any atom is 0.159 e. The number of β-amino-alcohol motifs (C(OH)–C–C–N with tert-alkyl or cyclic N) is 1.